The molecule has 0 aliphatic rings. The summed E-state index contributed by atoms with van der Waals surface area (Å²) in [5, 5.41) is 7.22. The topological polar surface area (TPSA) is 51.0 Å². The number of benzene rings is 1. The largest absolute Gasteiger partial charge is 0.338 e. The van der Waals surface area contributed by atoms with E-state index in [9.17, 15) is 0 Å². The number of halogens is 1. The quantitative estimate of drug-likeness (QED) is 0.936. The number of aromatic nitrogens is 2. The van der Waals surface area contributed by atoms with Crippen molar-refractivity contribution in [2.75, 3.05) is 7.05 Å². The second-order valence-corrected chi connectivity index (χ2v) is 5.93. The van der Waals surface area contributed by atoms with Crippen molar-refractivity contribution in [1.29, 1.82) is 0 Å². The lowest BCUT2D eigenvalue weighted by atomic mass is 9.84. The molecule has 0 bridgehead atoms. The van der Waals surface area contributed by atoms with Crippen LogP contribution in [0.4, 0.5) is 0 Å². The molecule has 19 heavy (non-hydrogen) atoms. The lowest BCUT2D eigenvalue weighted by Gasteiger charge is -2.22. The lowest BCUT2D eigenvalue weighted by Crippen LogP contribution is -2.22. The lowest BCUT2D eigenvalue weighted by molar-refractivity contribution is 0.339. The molecule has 0 radical (unpaired) electrons. The fraction of sp³-hybridized carbons (Fsp3) is 0.429. The fourth-order valence-electron chi connectivity index (χ4n) is 1.88. The molecule has 0 saturated carbocycles. The molecule has 0 aliphatic heterocycles. The van der Waals surface area contributed by atoms with Crippen LogP contribution in [0.25, 0.3) is 0 Å². The zero-order valence-electron chi connectivity index (χ0n) is 11.6. The second-order valence-electron chi connectivity index (χ2n) is 5.07. The Hall–Kier alpha value is -1.20. The average Bonchev–Trinajstić information content (AvgIpc) is 2.88. The summed E-state index contributed by atoms with van der Waals surface area (Å²) >= 11 is 3.58. The summed E-state index contributed by atoms with van der Waals surface area (Å²) < 4.78 is 6.38. The van der Waals surface area contributed by atoms with Crippen LogP contribution in [0.2, 0.25) is 0 Å². The first-order valence-electron chi connectivity index (χ1n) is 6.23. The van der Waals surface area contributed by atoms with Crippen molar-refractivity contribution in [3.8, 4) is 0 Å². The van der Waals surface area contributed by atoms with E-state index in [1.54, 1.807) is 0 Å². The van der Waals surface area contributed by atoms with Gasteiger partial charge in [0.05, 0.1) is 11.5 Å². The number of hydrogen-bond donors (Lipinski definition) is 1. The molecule has 2 rings (SSSR count). The predicted octanol–water partition coefficient (Wildman–Crippen LogP) is 3.44. The van der Waals surface area contributed by atoms with Gasteiger partial charge in [-0.1, -0.05) is 39.3 Å². The summed E-state index contributed by atoms with van der Waals surface area (Å²) in [6.45, 7) is 6.17. The third kappa shape index (κ3) is 2.72. The van der Waals surface area contributed by atoms with Crippen LogP contribution in [0, 0.1) is 0 Å². The highest BCUT2D eigenvalue weighted by molar-refractivity contribution is 9.10. The minimum atomic E-state index is -0.310. The maximum atomic E-state index is 5.33. The Morgan fingerprint density at radius 2 is 2.00 bits per heavy atom. The van der Waals surface area contributed by atoms with E-state index in [0.29, 0.717) is 11.7 Å². The van der Waals surface area contributed by atoms with Crippen LogP contribution >= 0.6 is 15.9 Å². The highest BCUT2D eigenvalue weighted by atomic mass is 79.9. The van der Waals surface area contributed by atoms with Gasteiger partial charge in [-0.2, -0.15) is 4.98 Å². The summed E-state index contributed by atoms with van der Waals surface area (Å²) in [6.07, 6.45) is 0. The van der Waals surface area contributed by atoms with Crippen LogP contribution in [0.1, 0.15) is 44.1 Å². The molecule has 0 amide bonds. The Bertz CT molecular complexity index is 565. The molecule has 1 aromatic heterocycles. The highest BCUT2D eigenvalue weighted by Gasteiger charge is 2.31. The molecule has 1 atom stereocenters. The Morgan fingerprint density at radius 3 is 2.63 bits per heavy atom. The molecule has 0 fully saturated rings. The predicted molar refractivity (Wildman–Crippen MR) is 78.0 cm³/mol. The van der Waals surface area contributed by atoms with Crippen molar-refractivity contribution >= 4 is 15.9 Å². The van der Waals surface area contributed by atoms with Crippen molar-refractivity contribution in [2.45, 2.75) is 32.2 Å². The van der Waals surface area contributed by atoms with Gasteiger partial charge in [0.1, 0.15) is 0 Å². The van der Waals surface area contributed by atoms with Crippen LogP contribution in [-0.2, 0) is 5.41 Å². The average molecular weight is 324 g/mol. The summed E-state index contributed by atoms with van der Waals surface area (Å²) in [7, 11) is 1.87. The number of hydrogen-bond acceptors (Lipinski definition) is 4. The Morgan fingerprint density at radius 1 is 1.32 bits per heavy atom. The van der Waals surface area contributed by atoms with Gasteiger partial charge < -0.3 is 9.84 Å². The van der Waals surface area contributed by atoms with E-state index in [4.69, 9.17) is 4.52 Å². The van der Waals surface area contributed by atoms with Crippen molar-refractivity contribution < 1.29 is 4.52 Å². The third-order valence-corrected chi connectivity index (χ3v) is 4.04. The standard InChI is InChI=1S/C14H18BrN3O/c1-9(16-4)12-17-13(18-19-12)14(2,3)10-7-5-6-8-11(10)15/h5-9,16H,1-4H3. The summed E-state index contributed by atoms with van der Waals surface area (Å²) in [6, 6.07) is 8.15. The van der Waals surface area contributed by atoms with Gasteiger partial charge in [0, 0.05) is 4.47 Å². The first kappa shape index (κ1) is 14.2. The molecule has 0 spiro atoms. The monoisotopic (exact) mass is 323 g/mol. The molecule has 1 N–H and O–H groups in total. The fourth-order valence-corrected chi connectivity index (χ4v) is 2.66. The van der Waals surface area contributed by atoms with Gasteiger partial charge in [0.25, 0.3) is 0 Å². The number of nitrogens with one attached hydrogen (secondary N) is 1. The summed E-state index contributed by atoms with van der Waals surface area (Å²) in [5.74, 6) is 1.30. The van der Waals surface area contributed by atoms with E-state index < -0.39 is 0 Å². The molecule has 1 heterocycles. The summed E-state index contributed by atoms with van der Waals surface area (Å²) in [5.41, 5.74) is 0.828. The maximum Gasteiger partial charge on any atom is 0.243 e. The molecular formula is C14H18BrN3O. The van der Waals surface area contributed by atoms with E-state index in [1.807, 2.05) is 32.2 Å². The van der Waals surface area contributed by atoms with Crippen molar-refractivity contribution in [1.82, 2.24) is 15.5 Å². The number of nitrogens with zero attached hydrogens (tertiary/aromatic N) is 2. The first-order chi connectivity index (χ1) is 8.96. The van der Waals surface area contributed by atoms with E-state index in [2.05, 4.69) is 51.3 Å². The normalized spacial score (nSPS) is 13.5. The highest BCUT2D eigenvalue weighted by Crippen LogP contribution is 2.34. The third-order valence-electron chi connectivity index (χ3n) is 3.35. The minimum absolute atomic E-state index is 0.0521. The van der Waals surface area contributed by atoms with E-state index >= 15 is 0 Å². The van der Waals surface area contributed by atoms with Gasteiger partial charge in [-0.3, -0.25) is 0 Å². The van der Waals surface area contributed by atoms with Crippen molar-refractivity contribution in [3.63, 3.8) is 0 Å². The van der Waals surface area contributed by atoms with Crippen LogP contribution in [0.5, 0.6) is 0 Å². The van der Waals surface area contributed by atoms with E-state index in [0.717, 1.165) is 10.0 Å². The van der Waals surface area contributed by atoms with Crippen LogP contribution in [0.3, 0.4) is 0 Å². The molecular weight excluding hydrogens is 306 g/mol. The van der Waals surface area contributed by atoms with Gasteiger partial charge in [-0.05, 0) is 39.4 Å². The second kappa shape index (κ2) is 5.43. The van der Waals surface area contributed by atoms with Crippen LogP contribution in [0.15, 0.2) is 33.3 Å². The zero-order chi connectivity index (χ0) is 14.0. The Balaban J connectivity index is 2.40. The molecule has 1 aromatic carbocycles. The first-order valence-corrected chi connectivity index (χ1v) is 7.02. The van der Waals surface area contributed by atoms with Crippen LogP contribution in [-0.4, -0.2) is 17.2 Å². The SMILES string of the molecule is CNC(C)c1nc(C(C)(C)c2ccccc2Br)no1. The maximum absolute atomic E-state index is 5.33. The van der Waals surface area contributed by atoms with E-state index in [1.165, 1.54) is 0 Å². The Kier molecular flexibility index (Phi) is 4.06. The van der Waals surface area contributed by atoms with Crippen molar-refractivity contribution in [2.24, 2.45) is 0 Å². The zero-order valence-corrected chi connectivity index (χ0v) is 13.2. The van der Waals surface area contributed by atoms with Gasteiger partial charge in [-0.15, -0.1) is 0 Å². The Labute approximate surface area is 121 Å². The van der Waals surface area contributed by atoms with Crippen molar-refractivity contribution in [3.05, 3.63) is 46.0 Å². The summed E-state index contributed by atoms with van der Waals surface area (Å²) in [4.78, 5) is 4.51. The molecule has 2 aromatic rings. The molecule has 0 aliphatic carbocycles. The minimum Gasteiger partial charge on any atom is -0.338 e. The molecule has 1 unspecified atom stereocenters. The smallest absolute Gasteiger partial charge is 0.243 e. The van der Waals surface area contributed by atoms with Gasteiger partial charge in [-0.25, -0.2) is 0 Å². The molecule has 0 saturated heterocycles. The van der Waals surface area contributed by atoms with Gasteiger partial charge in [0.15, 0.2) is 5.82 Å². The van der Waals surface area contributed by atoms with Crippen LogP contribution < -0.4 is 5.32 Å². The number of rotatable bonds is 4. The van der Waals surface area contributed by atoms with Gasteiger partial charge >= 0.3 is 0 Å². The molecule has 5 heteroatoms. The molecule has 102 valence electrons. The van der Waals surface area contributed by atoms with E-state index in [-0.39, 0.29) is 11.5 Å². The van der Waals surface area contributed by atoms with Gasteiger partial charge in [0.2, 0.25) is 5.89 Å². The molecule has 4 nitrogen and oxygen atoms in total.